The molecule has 0 amide bonds. The number of nitrogens with zero attached hydrogens (tertiary/aromatic N) is 3. The quantitative estimate of drug-likeness (QED) is 0.528. The minimum Gasteiger partial charge on any atom is -0.465 e. The van der Waals surface area contributed by atoms with E-state index in [1.165, 1.54) is 7.11 Å². The lowest BCUT2D eigenvalue weighted by molar-refractivity contribution is 0.0601. The van der Waals surface area contributed by atoms with E-state index in [9.17, 15) is 9.90 Å². The number of rotatable bonds is 5. The Balaban J connectivity index is 1.68. The van der Waals surface area contributed by atoms with Crippen LogP contribution in [0.4, 0.5) is 0 Å². The van der Waals surface area contributed by atoms with Gasteiger partial charge in [0.15, 0.2) is 5.65 Å². The van der Waals surface area contributed by atoms with Crippen LogP contribution in [0.2, 0.25) is 0 Å². The van der Waals surface area contributed by atoms with Crippen molar-refractivity contribution >= 4 is 17.1 Å². The predicted molar refractivity (Wildman–Crippen MR) is 111 cm³/mol. The lowest BCUT2D eigenvalue weighted by Gasteiger charge is -2.10. The number of methoxy groups -OCH3 is 1. The summed E-state index contributed by atoms with van der Waals surface area (Å²) in [6.45, 7) is 2.37. The molecule has 146 valence electrons. The van der Waals surface area contributed by atoms with E-state index in [4.69, 9.17) is 4.74 Å². The van der Waals surface area contributed by atoms with Crippen molar-refractivity contribution in [2.75, 3.05) is 7.11 Å². The van der Waals surface area contributed by atoms with Crippen molar-refractivity contribution in [1.82, 2.24) is 14.5 Å². The number of aliphatic hydroxyl groups is 1. The second kappa shape index (κ2) is 7.85. The Labute approximate surface area is 168 Å². The monoisotopic (exact) mass is 387 g/mol. The second-order valence-corrected chi connectivity index (χ2v) is 6.81. The average Bonchev–Trinajstić information content (AvgIpc) is 3.12. The van der Waals surface area contributed by atoms with Crippen LogP contribution in [-0.2, 0) is 17.9 Å². The van der Waals surface area contributed by atoms with Gasteiger partial charge in [0.1, 0.15) is 17.9 Å². The second-order valence-electron chi connectivity index (χ2n) is 6.81. The maximum atomic E-state index is 12.0. The summed E-state index contributed by atoms with van der Waals surface area (Å²) in [6.07, 6.45) is 1.75. The number of benzene rings is 2. The van der Waals surface area contributed by atoms with E-state index in [0.717, 1.165) is 33.4 Å². The lowest BCUT2D eigenvalue weighted by atomic mass is 9.98. The van der Waals surface area contributed by atoms with Gasteiger partial charge in [0.2, 0.25) is 0 Å². The van der Waals surface area contributed by atoms with Gasteiger partial charge in [0.05, 0.1) is 19.2 Å². The zero-order chi connectivity index (χ0) is 20.4. The van der Waals surface area contributed by atoms with Crippen molar-refractivity contribution in [2.24, 2.45) is 0 Å². The molecular weight excluding hydrogens is 366 g/mol. The summed E-state index contributed by atoms with van der Waals surface area (Å²) in [5.74, 6) is 0.227. The molecule has 0 aliphatic rings. The normalized spacial score (nSPS) is 11.0. The number of aliphatic hydroxyl groups excluding tert-OH is 1. The van der Waals surface area contributed by atoms with E-state index in [1.54, 1.807) is 12.3 Å². The molecule has 4 rings (SSSR count). The number of aryl methyl sites for hydroxylation is 1. The molecule has 4 aromatic rings. The number of hydrogen-bond donors (Lipinski definition) is 1. The van der Waals surface area contributed by atoms with Crippen molar-refractivity contribution in [3.63, 3.8) is 0 Å². The van der Waals surface area contributed by atoms with E-state index < -0.39 is 0 Å². The SMILES string of the molecule is COC(=O)c1ccccc1-c1ccc(Cn2c(CO)nc3c(C)ccnc32)cc1. The van der Waals surface area contributed by atoms with Crippen LogP contribution in [0.25, 0.3) is 22.3 Å². The first-order chi connectivity index (χ1) is 14.1. The highest BCUT2D eigenvalue weighted by atomic mass is 16.5. The fourth-order valence-corrected chi connectivity index (χ4v) is 3.47. The maximum Gasteiger partial charge on any atom is 0.338 e. The molecule has 0 bridgehead atoms. The van der Waals surface area contributed by atoms with Gasteiger partial charge in [-0.05, 0) is 41.3 Å². The van der Waals surface area contributed by atoms with Gasteiger partial charge in [-0.3, -0.25) is 0 Å². The van der Waals surface area contributed by atoms with E-state index in [1.807, 2.05) is 60.0 Å². The van der Waals surface area contributed by atoms with Crippen LogP contribution in [0, 0.1) is 6.92 Å². The first-order valence-electron chi connectivity index (χ1n) is 9.30. The molecule has 2 heterocycles. The molecule has 0 aliphatic heterocycles. The Morgan fingerprint density at radius 3 is 2.59 bits per heavy atom. The average molecular weight is 387 g/mol. The van der Waals surface area contributed by atoms with Crippen LogP contribution in [0.3, 0.4) is 0 Å². The third-order valence-electron chi connectivity index (χ3n) is 4.99. The van der Waals surface area contributed by atoms with Crippen molar-refractivity contribution < 1.29 is 14.6 Å². The van der Waals surface area contributed by atoms with Gasteiger partial charge >= 0.3 is 5.97 Å². The zero-order valence-electron chi connectivity index (χ0n) is 16.3. The molecule has 2 aromatic heterocycles. The summed E-state index contributed by atoms with van der Waals surface area (Å²) in [5, 5.41) is 9.73. The molecule has 6 nitrogen and oxygen atoms in total. The Kier molecular flexibility index (Phi) is 5.10. The van der Waals surface area contributed by atoms with Gasteiger partial charge in [-0.2, -0.15) is 0 Å². The van der Waals surface area contributed by atoms with Crippen LogP contribution in [-0.4, -0.2) is 32.7 Å². The van der Waals surface area contributed by atoms with Crippen molar-refractivity contribution in [3.05, 3.63) is 83.3 Å². The summed E-state index contributed by atoms with van der Waals surface area (Å²) in [4.78, 5) is 21.0. The highest BCUT2D eigenvalue weighted by Crippen LogP contribution is 2.26. The Hall–Kier alpha value is -3.51. The highest BCUT2D eigenvalue weighted by Gasteiger charge is 2.15. The summed E-state index contributed by atoms with van der Waals surface area (Å²) >= 11 is 0. The molecule has 0 atom stereocenters. The van der Waals surface area contributed by atoms with Crippen LogP contribution >= 0.6 is 0 Å². The van der Waals surface area contributed by atoms with E-state index in [0.29, 0.717) is 17.9 Å². The van der Waals surface area contributed by atoms with Crippen molar-refractivity contribution in [3.8, 4) is 11.1 Å². The number of ether oxygens (including phenoxy) is 1. The van der Waals surface area contributed by atoms with Crippen LogP contribution < -0.4 is 0 Å². The summed E-state index contributed by atoms with van der Waals surface area (Å²) in [6, 6.07) is 17.3. The van der Waals surface area contributed by atoms with Crippen LogP contribution in [0.1, 0.15) is 27.3 Å². The molecule has 29 heavy (non-hydrogen) atoms. The number of esters is 1. The summed E-state index contributed by atoms with van der Waals surface area (Å²) in [5.41, 5.74) is 5.92. The molecule has 0 unspecified atom stereocenters. The number of carbonyl (C=O) groups excluding carboxylic acids is 1. The number of fused-ring (bicyclic) bond motifs is 1. The minimum atomic E-state index is -0.358. The van der Waals surface area contributed by atoms with Crippen molar-refractivity contribution in [1.29, 1.82) is 0 Å². The molecule has 0 spiro atoms. The highest BCUT2D eigenvalue weighted by molar-refractivity contribution is 5.97. The van der Waals surface area contributed by atoms with Gasteiger partial charge in [0.25, 0.3) is 0 Å². The van der Waals surface area contributed by atoms with E-state index >= 15 is 0 Å². The maximum absolute atomic E-state index is 12.0. The number of imidazole rings is 1. The molecule has 0 radical (unpaired) electrons. The van der Waals surface area contributed by atoms with E-state index in [2.05, 4.69) is 9.97 Å². The molecule has 0 aliphatic carbocycles. The van der Waals surface area contributed by atoms with Gasteiger partial charge < -0.3 is 14.4 Å². The van der Waals surface area contributed by atoms with Gasteiger partial charge in [-0.1, -0.05) is 42.5 Å². The molecule has 6 heteroatoms. The summed E-state index contributed by atoms with van der Waals surface area (Å²) in [7, 11) is 1.38. The summed E-state index contributed by atoms with van der Waals surface area (Å²) < 4.78 is 6.82. The zero-order valence-corrected chi connectivity index (χ0v) is 16.3. The van der Waals surface area contributed by atoms with Gasteiger partial charge in [-0.15, -0.1) is 0 Å². The largest absolute Gasteiger partial charge is 0.465 e. The molecular formula is C23H21N3O3. The lowest BCUT2D eigenvalue weighted by Crippen LogP contribution is -2.06. The molecule has 0 saturated heterocycles. The standard InChI is InChI=1S/C23H21N3O3/c1-15-11-12-24-22-21(15)25-20(14-27)26(22)13-16-7-9-17(10-8-16)18-5-3-4-6-19(18)23(28)29-2/h3-12,27H,13-14H2,1-2H3. The number of pyridine rings is 1. The molecule has 0 saturated carbocycles. The van der Waals surface area contributed by atoms with Crippen molar-refractivity contribution in [2.45, 2.75) is 20.1 Å². The van der Waals surface area contributed by atoms with Crippen LogP contribution in [0.5, 0.6) is 0 Å². The fraction of sp³-hybridized carbons (Fsp3) is 0.174. The Morgan fingerprint density at radius 2 is 1.86 bits per heavy atom. The van der Waals surface area contributed by atoms with Crippen LogP contribution in [0.15, 0.2) is 60.8 Å². The molecule has 2 aromatic carbocycles. The number of aromatic nitrogens is 3. The number of hydrogen-bond acceptors (Lipinski definition) is 5. The smallest absolute Gasteiger partial charge is 0.338 e. The predicted octanol–water partition coefficient (Wildman–Crippen LogP) is 3.73. The first kappa shape index (κ1) is 18.8. The van der Waals surface area contributed by atoms with Gasteiger partial charge in [-0.25, -0.2) is 14.8 Å². The first-order valence-corrected chi connectivity index (χ1v) is 9.30. The third kappa shape index (κ3) is 3.50. The Bertz CT molecular complexity index is 1180. The van der Waals surface area contributed by atoms with Gasteiger partial charge in [0, 0.05) is 6.20 Å². The fourth-order valence-electron chi connectivity index (χ4n) is 3.47. The third-order valence-corrected chi connectivity index (χ3v) is 4.99. The molecule has 0 fully saturated rings. The Morgan fingerprint density at radius 1 is 1.10 bits per heavy atom. The van der Waals surface area contributed by atoms with E-state index in [-0.39, 0.29) is 12.6 Å². The molecule has 1 N–H and O–H groups in total. The minimum absolute atomic E-state index is 0.152. The topological polar surface area (TPSA) is 77.2 Å². The number of carbonyl (C=O) groups is 1.